The van der Waals surface area contributed by atoms with Gasteiger partial charge in [0.2, 0.25) is 0 Å². The molecule has 2 heterocycles. The lowest BCUT2D eigenvalue weighted by Crippen LogP contribution is -2.04. The Kier molecular flexibility index (Phi) is 2.77. The molecule has 96 valence electrons. The van der Waals surface area contributed by atoms with Gasteiger partial charge in [0.05, 0.1) is 16.6 Å². The molecule has 0 spiro atoms. The predicted molar refractivity (Wildman–Crippen MR) is 65.8 cm³/mol. The minimum Gasteiger partial charge on any atom is -0.342 e. The number of hydrogen-bond donors (Lipinski definition) is 1. The molecule has 1 N–H and O–H groups in total. The van der Waals surface area contributed by atoms with Crippen LogP contribution in [0.1, 0.15) is 23.7 Å². The normalized spacial score (nSPS) is 20.7. The van der Waals surface area contributed by atoms with E-state index in [1.807, 2.05) is 11.8 Å². The molecule has 1 aliphatic heterocycles. The summed E-state index contributed by atoms with van der Waals surface area (Å²) >= 11 is 1.85. The van der Waals surface area contributed by atoms with Gasteiger partial charge in [-0.05, 0) is 30.4 Å². The van der Waals surface area contributed by atoms with Gasteiger partial charge in [0, 0.05) is 11.7 Å². The fourth-order valence-corrected chi connectivity index (χ4v) is 3.38. The third-order valence-electron chi connectivity index (χ3n) is 3.14. The first-order chi connectivity index (χ1) is 8.54. The zero-order chi connectivity index (χ0) is 12.8. The van der Waals surface area contributed by atoms with E-state index < -0.39 is 11.7 Å². The average Bonchev–Trinajstić information content (AvgIpc) is 2.95. The average molecular weight is 272 g/mol. The Morgan fingerprint density at radius 2 is 2.17 bits per heavy atom. The van der Waals surface area contributed by atoms with Crippen LogP contribution in [-0.2, 0) is 6.18 Å². The maximum Gasteiger partial charge on any atom is 0.416 e. The maximum absolute atomic E-state index is 12.6. The van der Waals surface area contributed by atoms with E-state index in [-0.39, 0.29) is 0 Å². The second-order valence-corrected chi connectivity index (χ2v) is 5.56. The minimum absolute atomic E-state index is 0.344. The monoisotopic (exact) mass is 272 g/mol. The van der Waals surface area contributed by atoms with Gasteiger partial charge >= 0.3 is 6.18 Å². The van der Waals surface area contributed by atoms with E-state index in [1.54, 1.807) is 0 Å². The quantitative estimate of drug-likeness (QED) is 0.855. The molecule has 0 aliphatic carbocycles. The van der Waals surface area contributed by atoms with Crippen LogP contribution in [-0.4, -0.2) is 21.5 Å². The third kappa shape index (κ3) is 2.09. The first kappa shape index (κ1) is 11.9. The van der Waals surface area contributed by atoms with Gasteiger partial charge in [0.25, 0.3) is 0 Å². The molecule has 2 aromatic rings. The Hall–Kier alpha value is -1.17. The Bertz CT molecular complexity index is 570. The molecule has 0 saturated carbocycles. The highest BCUT2D eigenvalue weighted by molar-refractivity contribution is 7.99. The van der Waals surface area contributed by atoms with E-state index in [0.29, 0.717) is 17.0 Å². The molecule has 1 aliphatic rings. The number of aromatic nitrogens is 2. The summed E-state index contributed by atoms with van der Waals surface area (Å²) in [6.07, 6.45) is -3.26. The summed E-state index contributed by atoms with van der Waals surface area (Å²) in [7, 11) is 0. The number of aromatic amines is 1. The summed E-state index contributed by atoms with van der Waals surface area (Å²) in [5.74, 6) is 3.24. The van der Waals surface area contributed by atoms with Crippen LogP contribution < -0.4 is 0 Å². The van der Waals surface area contributed by atoms with Gasteiger partial charge in [-0.15, -0.1) is 0 Å². The molecule has 1 unspecified atom stereocenters. The number of benzene rings is 1. The Balaban J connectivity index is 2.01. The van der Waals surface area contributed by atoms with E-state index in [0.717, 1.165) is 35.9 Å². The number of imidazole rings is 1. The van der Waals surface area contributed by atoms with Gasteiger partial charge in [0.15, 0.2) is 0 Å². The predicted octanol–water partition coefficient (Wildman–Crippen LogP) is 3.80. The Morgan fingerprint density at radius 3 is 2.83 bits per heavy atom. The molecule has 1 fully saturated rings. The van der Waals surface area contributed by atoms with Crippen LogP contribution in [0.15, 0.2) is 18.2 Å². The van der Waals surface area contributed by atoms with Gasteiger partial charge in [-0.3, -0.25) is 0 Å². The number of rotatable bonds is 1. The summed E-state index contributed by atoms with van der Waals surface area (Å²) in [4.78, 5) is 7.41. The summed E-state index contributed by atoms with van der Waals surface area (Å²) < 4.78 is 37.8. The minimum atomic E-state index is -4.30. The van der Waals surface area contributed by atoms with Gasteiger partial charge in [0.1, 0.15) is 5.82 Å². The lowest BCUT2D eigenvalue weighted by molar-refractivity contribution is -0.137. The number of hydrogen-bond acceptors (Lipinski definition) is 2. The standard InChI is InChI=1S/C12H11F3N2S/c13-12(14,15)8-1-2-9-10(5-8)17-11(16-9)7-3-4-18-6-7/h1-2,5,7H,3-4,6H2,(H,16,17). The summed E-state index contributed by atoms with van der Waals surface area (Å²) in [6, 6.07) is 3.64. The van der Waals surface area contributed by atoms with Crippen LogP contribution in [0.3, 0.4) is 0 Å². The van der Waals surface area contributed by atoms with E-state index in [1.165, 1.54) is 6.07 Å². The van der Waals surface area contributed by atoms with Gasteiger partial charge in [-0.2, -0.15) is 24.9 Å². The largest absolute Gasteiger partial charge is 0.416 e. The van der Waals surface area contributed by atoms with Crippen molar-refractivity contribution in [3.8, 4) is 0 Å². The maximum atomic E-state index is 12.6. The third-order valence-corrected chi connectivity index (χ3v) is 4.31. The van der Waals surface area contributed by atoms with Crippen LogP contribution in [0.4, 0.5) is 13.2 Å². The second-order valence-electron chi connectivity index (χ2n) is 4.41. The molecule has 1 atom stereocenters. The van der Waals surface area contributed by atoms with Crippen molar-refractivity contribution in [3.05, 3.63) is 29.6 Å². The Labute approximate surface area is 106 Å². The number of H-pyrrole nitrogens is 1. The van der Waals surface area contributed by atoms with Crippen molar-refractivity contribution in [1.82, 2.24) is 9.97 Å². The fourth-order valence-electron chi connectivity index (χ4n) is 2.15. The molecule has 0 radical (unpaired) electrons. The number of alkyl halides is 3. The number of nitrogens with one attached hydrogen (secondary N) is 1. The molecular weight excluding hydrogens is 261 g/mol. The first-order valence-corrected chi connectivity index (χ1v) is 6.84. The summed E-state index contributed by atoms with van der Waals surface area (Å²) in [6.45, 7) is 0. The van der Waals surface area contributed by atoms with E-state index in [2.05, 4.69) is 9.97 Å². The van der Waals surface area contributed by atoms with Crippen LogP contribution in [0.5, 0.6) is 0 Å². The number of thioether (sulfide) groups is 1. The second kappa shape index (κ2) is 4.19. The van der Waals surface area contributed by atoms with Crippen molar-refractivity contribution in [2.24, 2.45) is 0 Å². The molecule has 1 aromatic carbocycles. The number of nitrogens with zero attached hydrogens (tertiary/aromatic N) is 1. The zero-order valence-corrected chi connectivity index (χ0v) is 10.2. The highest BCUT2D eigenvalue weighted by atomic mass is 32.2. The zero-order valence-electron chi connectivity index (χ0n) is 9.42. The van der Waals surface area contributed by atoms with Crippen LogP contribution in [0.25, 0.3) is 11.0 Å². The lowest BCUT2D eigenvalue weighted by atomic mass is 10.1. The van der Waals surface area contributed by atoms with Crippen LogP contribution in [0.2, 0.25) is 0 Å². The Morgan fingerprint density at radius 1 is 1.33 bits per heavy atom. The van der Waals surface area contributed by atoms with Crippen molar-refractivity contribution in [2.75, 3.05) is 11.5 Å². The van der Waals surface area contributed by atoms with Crippen molar-refractivity contribution < 1.29 is 13.2 Å². The molecule has 1 aromatic heterocycles. The molecule has 6 heteroatoms. The summed E-state index contributed by atoms with van der Waals surface area (Å²) in [5, 5.41) is 0. The molecule has 2 nitrogen and oxygen atoms in total. The summed E-state index contributed by atoms with van der Waals surface area (Å²) in [5.41, 5.74) is 0.442. The van der Waals surface area contributed by atoms with Crippen LogP contribution in [0, 0.1) is 0 Å². The number of halogens is 3. The van der Waals surface area contributed by atoms with Crippen molar-refractivity contribution in [3.63, 3.8) is 0 Å². The van der Waals surface area contributed by atoms with Gasteiger partial charge in [-0.1, -0.05) is 0 Å². The van der Waals surface area contributed by atoms with Crippen LogP contribution >= 0.6 is 11.8 Å². The van der Waals surface area contributed by atoms with E-state index >= 15 is 0 Å². The lowest BCUT2D eigenvalue weighted by Gasteiger charge is -2.05. The first-order valence-electron chi connectivity index (χ1n) is 5.68. The van der Waals surface area contributed by atoms with Gasteiger partial charge < -0.3 is 4.98 Å². The highest BCUT2D eigenvalue weighted by Crippen LogP contribution is 2.34. The van der Waals surface area contributed by atoms with Crippen molar-refractivity contribution in [2.45, 2.75) is 18.5 Å². The molecule has 0 bridgehead atoms. The fraction of sp³-hybridized carbons (Fsp3) is 0.417. The molecule has 18 heavy (non-hydrogen) atoms. The topological polar surface area (TPSA) is 28.7 Å². The molecule has 1 saturated heterocycles. The molecule has 3 rings (SSSR count). The number of fused-ring (bicyclic) bond motifs is 1. The van der Waals surface area contributed by atoms with Crippen molar-refractivity contribution >= 4 is 22.8 Å². The van der Waals surface area contributed by atoms with E-state index in [9.17, 15) is 13.2 Å². The van der Waals surface area contributed by atoms with E-state index in [4.69, 9.17) is 0 Å². The smallest absolute Gasteiger partial charge is 0.342 e. The molecule has 0 amide bonds. The highest BCUT2D eigenvalue weighted by Gasteiger charge is 2.31. The van der Waals surface area contributed by atoms with Crippen molar-refractivity contribution in [1.29, 1.82) is 0 Å². The SMILES string of the molecule is FC(F)(F)c1ccc2nc(C3CCSC3)[nH]c2c1. The van der Waals surface area contributed by atoms with Gasteiger partial charge in [-0.25, -0.2) is 4.98 Å². The molecular formula is C12H11F3N2S.